The summed E-state index contributed by atoms with van der Waals surface area (Å²) in [6, 6.07) is 3.62. The summed E-state index contributed by atoms with van der Waals surface area (Å²) in [5, 5.41) is 7.91. The van der Waals surface area contributed by atoms with Crippen LogP contribution in [-0.2, 0) is 6.54 Å². The van der Waals surface area contributed by atoms with Gasteiger partial charge in [-0.3, -0.25) is 4.68 Å². The summed E-state index contributed by atoms with van der Waals surface area (Å²) in [4.78, 5) is 4.13. The van der Waals surface area contributed by atoms with Crippen LogP contribution >= 0.6 is 11.6 Å². The summed E-state index contributed by atoms with van der Waals surface area (Å²) >= 11 is 5.73. The predicted octanol–water partition coefficient (Wildman–Crippen LogP) is 2.70. The first-order valence-corrected chi connectivity index (χ1v) is 5.07. The molecule has 15 heavy (non-hydrogen) atoms. The molecule has 2 heterocycles. The fraction of sp³-hybridized carbons (Fsp3) is 0.200. The van der Waals surface area contributed by atoms with E-state index in [-0.39, 0.29) is 0 Å². The molecule has 0 bridgehead atoms. The van der Waals surface area contributed by atoms with Gasteiger partial charge in [-0.2, -0.15) is 5.10 Å². The first-order valence-electron chi connectivity index (χ1n) is 4.69. The molecule has 5 heteroatoms. The number of hydrogen-bond acceptors (Lipinski definition) is 3. The number of pyridine rings is 1. The van der Waals surface area contributed by atoms with Crippen LogP contribution < -0.4 is 5.32 Å². The fourth-order valence-corrected chi connectivity index (χ4v) is 1.31. The van der Waals surface area contributed by atoms with Crippen LogP contribution in [0.25, 0.3) is 0 Å². The van der Waals surface area contributed by atoms with Gasteiger partial charge in [-0.05, 0) is 19.1 Å². The third-order valence-electron chi connectivity index (χ3n) is 1.96. The standard InChI is InChI=1S/C10H11ClN4/c1-2-15-7-9(6-13-15)14-10-4-3-8(11)5-12-10/h3-7H,2H2,1H3,(H,12,14). The van der Waals surface area contributed by atoms with Gasteiger partial charge in [0.15, 0.2) is 0 Å². The summed E-state index contributed by atoms with van der Waals surface area (Å²) < 4.78 is 1.85. The Hall–Kier alpha value is -1.55. The van der Waals surface area contributed by atoms with E-state index in [1.54, 1.807) is 18.5 Å². The summed E-state index contributed by atoms with van der Waals surface area (Å²) in [7, 11) is 0. The second-order valence-corrected chi connectivity index (χ2v) is 3.51. The summed E-state index contributed by atoms with van der Waals surface area (Å²) in [6.45, 7) is 2.90. The molecule has 0 aliphatic carbocycles. The number of hydrogen-bond donors (Lipinski definition) is 1. The van der Waals surface area contributed by atoms with Crippen LogP contribution in [0.1, 0.15) is 6.92 Å². The van der Waals surface area contributed by atoms with Gasteiger partial charge < -0.3 is 5.32 Å². The van der Waals surface area contributed by atoms with Crippen molar-refractivity contribution in [1.82, 2.24) is 14.8 Å². The number of halogens is 1. The fourth-order valence-electron chi connectivity index (χ4n) is 1.20. The van der Waals surface area contributed by atoms with Gasteiger partial charge in [0, 0.05) is 18.9 Å². The lowest BCUT2D eigenvalue weighted by atomic mass is 10.4. The van der Waals surface area contributed by atoms with Crippen LogP contribution in [0.3, 0.4) is 0 Å². The minimum Gasteiger partial charge on any atom is -0.338 e. The lowest BCUT2D eigenvalue weighted by molar-refractivity contribution is 0.660. The molecule has 0 radical (unpaired) electrons. The van der Waals surface area contributed by atoms with Crippen LogP contribution in [0.4, 0.5) is 11.5 Å². The van der Waals surface area contributed by atoms with Gasteiger partial charge in [0.2, 0.25) is 0 Å². The van der Waals surface area contributed by atoms with Crippen molar-refractivity contribution in [3.63, 3.8) is 0 Å². The number of nitrogens with zero attached hydrogens (tertiary/aromatic N) is 3. The van der Waals surface area contributed by atoms with Gasteiger partial charge in [-0.1, -0.05) is 11.6 Å². The molecule has 2 aromatic rings. The zero-order chi connectivity index (χ0) is 10.7. The van der Waals surface area contributed by atoms with Crippen molar-refractivity contribution in [2.75, 3.05) is 5.32 Å². The van der Waals surface area contributed by atoms with Crippen molar-refractivity contribution in [2.45, 2.75) is 13.5 Å². The highest BCUT2D eigenvalue weighted by Crippen LogP contribution is 2.15. The maximum Gasteiger partial charge on any atom is 0.130 e. The minimum atomic E-state index is 0.629. The molecule has 2 rings (SSSR count). The van der Waals surface area contributed by atoms with E-state index in [1.165, 1.54) is 0 Å². The van der Waals surface area contributed by atoms with Gasteiger partial charge in [-0.15, -0.1) is 0 Å². The zero-order valence-electron chi connectivity index (χ0n) is 8.31. The SMILES string of the molecule is CCn1cc(Nc2ccc(Cl)cn2)cn1. The Labute approximate surface area is 92.9 Å². The monoisotopic (exact) mass is 222 g/mol. The number of anilines is 2. The topological polar surface area (TPSA) is 42.7 Å². The molecule has 1 N–H and O–H groups in total. The molecule has 0 spiro atoms. The maximum atomic E-state index is 5.73. The number of aryl methyl sites for hydroxylation is 1. The lowest BCUT2D eigenvalue weighted by Crippen LogP contribution is -1.93. The number of rotatable bonds is 3. The molecular weight excluding hydrogens is 212 g/mol. The van der Waals surface area contributed by atoms with E-state index >= 15 is 0 Å². The van der Waals surface area contributed by atoms with Crippen molar-refractivity contribution in [2.24, 2.45) is 0 Å². The van der Waals surface area contributed by atoms with Crippen LogP contribution in [0.5, 0.6) is 0 Å². The summed E-state index contributed by atoms with van der Waals surface area (Å²) in [5.74, 6) is 0.759. The Morgan fingerprint density at radius 2 is 2.27 bits per heavy atom. The Balaban J connectivity index is 2.11. The molecule has 4 nitrogen and oxygen atoms in total. The molecule has 0 saturated heterocycles. The molecule has 0 amide bonds. The first-order chi connectivity index (χ1) is 7.28. The van der Waals surface area contributed by atoms with Crippen molar-refractivity contribution >= 4 is 23.1 Å². The largest absolute Gasteiger partial charge is 0.338 e. The van der Waals surface area contributed by atoms with Gasteiger partial charge in [-0.25, -0.2) is 4.98 Å². The molecule has 0 atom stereocenters. The highest BCUT2D eigenvalue weighted by Gasteiger charge is 1.98. The van der Waals surface area contributed by atoms with Crippen LogP contribution in [0, 0.1) is 0 Å². The van der Waals surface area contributed by atoms with Crippen molar-refractivity contribution < 1.29 is 0 Å². The molecule has 0 unspecified atom stereocenters. The van der Waals surface area contributed by atoms with E-state index in [2.05, 4.69) is 15.4 Å². The maximum absolute atomic E-state index is 5.73. The Morgan fingerprint density at radius 1 is 1.40 bits per heavy atom. The molecule has 0 aliphatic rings. The van der Waals surface area contributed by atoms with E-state index < -0.39 is 0 Å². The molecule has 0 aromatic carbocycles. The van der Waals surface area contributed by atoms with Crippen molar-refractivity contribution in [1.29, 1.82) is 0 Å². The average Bonchev–Trinajstić information content (AvgIpc) is 2.69. The average molecular weight is 223 g/mol. The van der Waals surface area contributed by atoms with Gasteiger partial charge in [0.1, 0.15) is 5.82 Å². The van der Waals surface area contributed by atoms with Gasteiger partial charge in [0.25, 0.3) is 0 Å². The highest BCUT2D eigenvalue weighted by molar-refractivity contribution is 6.30. The minimum absolute atomic E-state index is 0.629. The number of aromatic nitrogens is 3. The molecular formula is C10H11ClN4. The molecule has 0 fully saturated rings. The van der Waals surface area contributed by atoms with Crippen LogP contribution in [0.15, 0.2) is 30.7 Å². The third kappa shape index (κ3) is 2.47. The quantitative estimate of drug-likeness (QED) is 0.868. The molecule has 0 aliphatic heterocycles. The highest BCUT2D eigenvalue weighted by atomic mass is 35.5. The van der Waals surface area contributed by atoms with Crippen molar-refractivity contribution in [3.05, 3.63) is 35.7 Å². The van der Waals surface area contributed by atoms with Crippen molar-refractivity contribution in [3.8, 4) is 0 Å². The lowest BCUT2D eigenvalue weighted by Gasteiger charge is -2.01. The first kappa shape index (κ1) is 9.98. The smallest absolute Gasteiger partial charge is 0.130 e. The third-order valence-corrected chi connectivity index (χ3v) is 2.18. The van der Waals surface area contributed by atoms with E-state index in [1.807, 2.05) is 23.9 Å². The molecule has 78 valence electrons. The Morgan fingerprint density at radius 3 is 2.87 bits per heavy atom. The summed E-state index contributed by atoms with van der Waals surface area (Å²) in [6.07, 6.45) is 5.30. The van der Waals surface area contributed by atoms with E-state index in [0.717, 1.165) is 18.1 Å². The van der Waals surface area contributed by atoms with Gasteiger partial charge in [0.05, 0.1) is 16.9 Å². The van der Waals surface area contributed by atoms with E-state index in [0.29, 0.717) is 5.02 Å². The second kappa shape index (κ2) is 4.31. The molecule has 0 saturated carbocycles. The Bertz CT molecular complexity index is 435. The van der Waals surface area contributed by atoms with Crippen LogP contribution in [0.2, 0.25) is 5.02 Å². The van der Waals surface area contributed by atoms with Crippen LogP contribution in [-0.4, -0.2) is 14.8 Å². The van der Waals surface area contributed by atoms with Gasteiger partial charge >= 0.3 is 0 Å². The Kier molecular flexibility index (Phi) is 2.87. The predicted molar refractivity (Wildman–Crippen MR) is 60.4 cm³/mol. The zero-order valence-corrected chi connectivity index (χ0v) is 9.07. The summed E-state index contributed by atoms with van der Waals surface area (Å²) in [5.41, 5.74) is 0.923. The second-order valence-electron chi connectivity index (χ2n) is 3.07. The normalized spacial score (nSPS) is 10.3. The van der Waals surface area contributed by atoms with E-state index in [4.69, 9.17) is 11.6 Å². The molecule has 2 aromatic heterocycles. The van der Waals surface area contributed by atoms with E-state index in [9.17, 15) is 0 Å². The number of nitrogens with one attached hydrogen (secondary N) is 1.